The lowest BCUT2D eigenvalue weighted by molar-refractivity contribution is 1.28. The number of thiophene rings is 2. The zero-order valence-electron chi connectivity index (χ0n) is 33.1. The monoisotopic (exact) mass is 811 g/mol. The van der Waals surface area contributed by atoms with E-state index in [1.165, 1.54) is 95.6 Å². The normalized spacial score (nSPS) is 11.6. The smallest absolute Gasteiger partial charge is 0.0467 e. The number of benzene rings is 10. The molecule has 0 saturated carbocycles. The Labute approximate surface area is 362 Å². The summed E-state index contributed by atoms with van der Waals surface area (Å²) in [5, 5.41) is 7.80. The number of fused-ring (bicyclic) bond motifs is 7. The SMILES string of the molecule is c1cc(-c2cccc(N(c3ccc(-c4cccc5c4sc4ccccc45)cc3)c3ccc(-c4cccc5sc6ccccc6c45)cc3)c2)cc(-c2cccc3ccccc23)c1. The predicted octanol–water partition coefficient (Wildman–Crippen LogP) is 17.7. The second kappa shape index (κ2) is 14.8. The van der Waals surface area contributed by atoms with Crippen molar-refractivity contribution in [2.45, 2.75) is 0 Å². The van der Waals surface area contributed by atoms with Crippen molar-refractivity contribution >= 4 is 90.9 Å². The van der Waals surface area contributed by atoms with Gasteiger partial charge in [0.1, 0.15) is 0 Å². The molecule has 0 radical (unpaired) electrons. The molecule has 2 heterocycles. The lowest BCUT2D eigenvalue weighted by Crippen LogP contribution is -2.10. The van der Waals surface area contributed by atoms with Crippen LogP contribution in [0.15, 0.2) is 224 Å². The molecule has 10 aromatic carbocycles. The molecule has 0 fully saturated rings. The van der Waals surface area contributed by atoms with Gasteiger partial charge in [0.15, 0.2) is 0 Å². The summed E-state index contributed by atoms with van der Waals surface area (Å²) in [6, 6.07) is 82.4. The van der Waals surface area contributed by atoms with E-state index >= 15 is 0 Å². The number of nitrogens with zero attached hydrogens (tertiary/aromatic N) is 1. The van der Waals surface area contributed by atoms with Crippen molar-refractivity contribution in [3.63, 3.8) is 0 Å². The highest BCUT2D eigenvalue weighted by Gasteiger charge is 2.17. The molecule has 286 valence electrons. The largest absolute Gasteiger partial charge is 0.310 e. The molecular formula is C58H37NS2. The molecule has 0 unspecified atom stereocenters. The van der Waals surface area contributed by atoms with Crippen molar-refractivity contribution in [1.82, 2.24) is 0 Å². The summed E-state index contributed by atoms with van der Waals surface area (Å²) < 4.78 is 5.29. The van der Waals surface area contributed by atoms with Gasteiger partial charge in [-0.05, 0) is 116 Å². The van der Waals surface area contributed by atoms with E-state index in [1.807, 2.05) is 22.7 Å². The minimum Gasteiger partial charge on any atom is -0.310 e. The summed E-state index contributed by atoms with van der Waals surface area (Å²) in [7, 11) is 0. The quantitative estimate of drug-likeness (QED) is 0.155. The van der Waals surface area contributed by atoms with Crippen molar-refractivity contribution in [1.29, 1.82) is 0 Å². The Morgan fingerprint density at radius 2 is 0.803 bits per heavy atom. The van der Waals surface area contributed by atoms with Crippen LogP contribution in [0.2, 0.25) is 0 Å². The Morgan fingerprint density at radius 3 is 1.61 bits per heavy atom. The lowest BCUT2D eigenvalue weighted by atomic mass is 9.95. The highest BCUT2D eigenvalue weighted by molar-refractivity contribution is 7.26. The van der Waals surface area contributed by atoms with Crippen LogP contribution in [0.5, 0.6) is 0 Å². The first-order valence-corrected chi connectivity index (χ1v) is 22.4. The summed E-state index contributed by atoms with van der Waals surface area (Å²) in [6.07, 6.45) is 0. The number of hydrogen-bond acceptors (Lipinski definition) is 3. The predicted molar refractivity (Wildman–Crippen MR) is 266 cm³/mol. The van der Waals surface area contributed by atoms with Gasteiger partial charge in [-0.15, -0.1) is 22.7 Å². The van der Waals surface area contributed by atoms with Gasteiger partial charge in [-0.25, -0.2) is 0 Å². The van der Waals surface area contributed by atoms with Crippen LogP contribution in [0, 0.1) is 0 Å². The van der Waals surface area contributed by atoms with Crippen molar-refractivity contribution in [2.75, 3.05) is 4.90 Å². The first-order valence-electron chi connectivity index (χ1n) is 20.7. The van der Waals surface area contributed by atoms with E-state index in [2.05, 4.69) is 229 Å². The molecule has 0 aliphatic rings. The minimum absolute atomic E-state index is 1.10. The first kappa shape index (κ1) is 35.6. The molecule has 0 bridgehead atoms. The fourth-order valence-corrected chi connectivity index (χ4v) is 11.6. The summed E-state index contributed by atoms with van der Waals surface area (Å²) in [5.41, 5.74) is 13.1. The Balaban J connectivity index is 0.967. The second-order valence-corrected chi connectivity index (χ2v) is 17.8. The van der Waals surface area contributed by atoms with E-state index in [0.29, 0.717) is 0 Å². The van der Waals surface area contributed by atoms with Gasteiger partial charge in [-0.3, -0.25) is 0 Å². The molecular weight excluding hydrogens is 775 g/mol. The lowest BCUT2D eigenvalue weighted by Gasteiger charge is -2.26. The van der Waals surface area contributed by atoms with Gasteiger partial charge in [-0.2, -0.15) is 0 Å². The summed E-state index contributed by atoms with van der Waals surface area (Å²) >= 11 is 3.74. The van der Waals surface area contributed by atoms with Crippen LogP contribution in [0.1, 0.15) is 0 Å². The molecule has 61 heavy (non-hydrogen) atoms. The molecule has 0 spiro atoms. The molecule has 0 N–H and O–H groups in total. The van der Waals surface area contributed by atoms with Crippen LogP contribution >= 0.6 is 22.7 Å². The van der Waals surface area contributed by atoms with Gasteiger partial charge in [-0.1, -0.05) is 164 Å². The highest BCUT2D eigenvalue weighted by Crippen LogP contribution is 2.44. The zero-order valence-corrected chi connectivity index (χ0v) is 34.8. The third kappa shape index (κ3) is 6.21. The van der Waals surface area contributed by atoms with Gasteiger partial charge in [0.2, 0.25) is 0 Å². The van der Waals surface area contributed by atoms with Crippen LogP contribution in [-0.2, 0) is 0 Å². The van der Waals surface area contributed by atoms with E-state index in [4.69, 9.17) is 0 Å². The molecule has 0 aliphatic heterocycles. The Hall–Kier alpha value is -7.30. The van der Waals surface area contributed by atoms with E-state index < -0.39 is 0 Å². The summed E-state index contributed by atoms with van der Waals surface area (Å²) in [4.78, 5) is 2.40. The first-order chi connectivity index (χ1) is 30.2. The average Bonchev–Trinajstić information content (AvgIpc) is 3.91. The van der Waals surface area contributed by atoms with Crippen LogP contribution in [0.4, 0.5) is 17.1 Å². The molecule has 12 rings (SSSR count). The highest BCUT2D eigenvalue weighted by atomic mass is 32.1. The van der Waals surface area contributed by atoms with Crippen molar-refractivity contribution < 1.29 is 0 Å². The number of hydrogen-bond donors (Lipinski definition) is 0. The maximum absolute atomic E-state index is 2.40. The average molecular weight is 812 g/mol. The summed E-state index contributed by atoms with van der Waals surface area (Å²) in [5.74, 6) is 0. The van der Waals surface area contributed by atoms with Crippen LogP contribution in [0.3, 0.4) is 0 Å². The molecule has 3 heteroatoms. The van der Waals surface area contributed by atoms with E-state index in [9.17, 15) is 0 Å². The molecule has 2 aromatic heterocycles. The van der Waals surface area contributed by atoms with Crippen LogP contribution in [0.25, 0.3) is 95.6 Å². The third-order valence-corrected chi connectivity index (χ3v) is 14.4. The zero-order chi connectivity index (χ0) is 40.3. The van der Waals surface area contributed by atoms with Crippen molar-refractivity contribution in [3.8, 4) is 44.5 Å². The van der Waals surface area contributed by atoms with Gasteiger partial charge in [0.25, 0.3) is 0 Å². The molecule has 0 saturated heterocycles. The van der Waals surface area contributed by atoms with Crippen LogP contribution in [-0.4, -0.2) is 0 Å². The summed E-state index contributed by atoms with van der Waals surface area (Å²) in [6.45, 7) is 0. The molecule has 0 atom stereocenters. The van der Waals surface area contributed by atoms with Crippen LogP contribution < -0.4 is 4.90 Å². The van der Waals surface area contributed by atoms with Gasteiger partial charge in [0.05, 0.1) is 0 Å². The molecule has 1 nitrogen and oxygen atoms in total. The Kier molecular flexibility index (Phi) is 8.62. The number of anilines is 3. The van der Waals surface area contributed by atoms with Gasteiger partial charge < -0.3 is 4.90 Å². The Bertz CT molecular complexity index is 3590. The maximum Gasteiger partial charge on any atom is 0.0467 e. The fraction of sp³-hybridized carbons (Fsp3) is 0. The molecule has 12 aromatic rings. The minimum atomic E-state index is 1.10. The maximum atomic E-state index is 2.40. The van der Waals surface area contributed by atoms with Gasteiger partial charge >= 0.3 is 0 Å². The fourth-order valence-electron chi connectivity index (χ4n) is 9.19. The van der Waals surface area contributed by atoms with E-state index in [-0.39, 0.29) is 0 Å². The molecule has 0 aliphatic carbocycles. The van der Waals surface area contributed by atoms with Gasteiger partial charge in [0, 0.05) is 57.4 Å². The topological polar surface area (TPSA) is 3.24 Å². The van der Waals surface area contributed by atoms with Crippen molar-refractivity contribution in [2.24, 2.45) is 0 Å². The van der Waals surface area contributed by atoms with E-state index in [0.717, 1.165) is 17.1 Å². The number of rotatable bonds is 7. The third-order valence-electron chi connectivity index (χ3n) is 12.1. The van der Waals surface area contributed by atoms with E-state index in [1.54, 1.807) is 0 Å². The molecule has 0 amide bonds. The second-order valence-electron chi connectivity index (χ2n) is 15.6. The Morgan fingerprint density at radius 1 is 0.279 bits per heavy atom. The van der Waals surface area contributed by atoms with Crippen molar-refractivity contribution in [3.05, 3.63) is 224 Å². The standard InChI is InChI=1S/C58H37NS2/c1-2-18-47-38(12-1)13-9-21-48(47)43-16-7-14-41(36-43)42-15-8-17-46(37-42)59(44-32-28-39(29-33-44)49-22-11-27-56-57(49)53-20-4-6-26-55(53)60-56)45-34-30-40(31-35-45)50-23-10-24-52-51-19-3-5-25-54(51)61-58(50)52/h1-37H.